The van der Waals surface area contributed by atoms with Gasteiger partial charge in [-0.25, -0.2) is 0 Å². The molecule has 4 heteroatoms. The van der Waals surface area contributed by atoms with Crippen LogP contribution >= 0.6 is 12.4 Å². The largest absolute Gasteiger partial charge is 0.345 e. The van der Waals surface area contributed by atoms with Gasteiger partial charge in [0.15, 0.2) is 0 Å². The van der Waals surface area contributed by atoms with Crippen molar-refractivity contribution in [3.8, 4) is 0 Å². The summed E-state index contributed by atoms with van der Waals surface area (Å²) in [7, 11) is 1.90. The first-order valence-corrected chi connectivity index (χ1v) is 8.37. The number of nitrogens with two attached hydrogens (primary N) is 1. The molecule has 1 rings (SSSR count). The molecule has 3 nitrogen and oxygen atoms in total. The van der Waals surface area contributed by atoms with Gasteiger partial charge in [-0.3, -0.25) is 4.79 Å². The molecule has 2 atom stereocenters. The monoisotopic (exact) mass is 340 g/mol. The normalized spacial score (nSPS) is 13.6. The molecule has 0 heterocycles. The topological polar surface area (TPSA) is 46.3 Å². The molecule has 0 spiro atoms. The summed E-state index contributed by atoms with van der Waals surface area (Å²) in [5.74, 6) is 1.04. The van der Waals surface area contributed by atoms with E-state index in [9.17, 15) is 4.79 Å². The molecule has 2 unspecified atom stereocenters. The zero-order chi connectivity index (χ0) is 16.7. The number of nitrogens with zero attached hydrogens (tertiary/aromatic N) is 1. The van der Waals surface area contributed by atoms with E-state index in [1.54, 1.807) is 0 Å². The molecule has 2 N–H and O–H groups in total. The SMILES string of the molecule is CC(C)C(N)CCN(C)C(=O)C(Cc1ccccc1)C(C)C.Cl. The first-order valence-electron chi connectivity index (χ1n) is 8.37. The standard InChI is InChI=1S/C19H32N2O.ClH/c1-14(2)17(13-16-9-7-6-8-10-16)19(22)21(5)12-11-18(20)15(3)4;/h6-10,14-15,17-18H,11-13,20H2,1-5H3;1H. The zero-order valence-corrected chi connectivity index (χ0v) is 16.0. The van der Waals surface area contributed by atoms with Crippen molar-refractivity contribution in [1.82, 2.24) is 4.90 Å². The van der Waals surface area contributed by atoms with Crippen LogP contribution < -0.4 is 5.73 Å². The second-order valence-electron chi connectivity index (χ2n) is 7.00. The highest BCUT2D eigenvalue weighted by molar-refractivity contribution is 5.85. The lowest BCUT2D eigenvalue weighted by molar-refractivity contribution is -0.135. The third-order valence-electron chi connectivity index (χ3n) is 4.45. The summed E-state index contributed by atoms with van der Waals surface area (Å²) in [6.07, 6.45) is 1.66. The summed E-state index contributed by atoms with van der Waals surface area (Å²) in [5, 5.41) is 0. The van der Waals surface area contributed by atoms with E-state index in [0.717, 1.165) is 19.4 Å². The lowest BCUT2D eigenvalue weighted by Crippen LogP contribution is -2.39. The number of hydrogen-bond acceptors (Lipinski definition) is 2. The highest BCUT2D eigenvalue weighted by atomic mass is 35.5. The second kappa shape index (κ2) is 10.7. The smallest absolute Gasteiger partial charge is 0.226 e. The number of amides is 1. The molecule has 0 bridgehead atoms. The lowest BCUT2D eigenvalue weighted by Gasteiger charge is -2.28. The molecule has 1 amide bonds. The van der Waals surface area contributed by atoms with Crippen molar-refractivity contribution in [2.75, 3.05) is 13.6 Å². The summed E-state index contributed by atoms with van der Waals surface area (Å²) in [6.45, 7) is 9.23. The van der Waals surface area contributed by atoms with Gasteiger partial charge in [0.2, 0.25) is 5.91 Å². The highest BCUT2D eigenvalue weighted by Gasteiger charge is 2.25. The van der Waals surface area contributed by atoms with Gasteiger partial charge in [0.1, 0.15) is 0 Å². The minimum atomic E-state index is 0. The first-order chi connectivity index (χ1) is 10.3. The number of hydrogen-bond donors (Lipinski definition) is 1. The molecule has 0 saturated carbocycles. The van der Waals surface area contributed by atoms with Gasteiger partial charge in [-0.1, -0.05) is 58.0 Å². The summed E-state index contributed by atoms with van der Waals surface area (Å²) in [4.78, 5) is 14.6. The quantitative estimate of drug-likeness (QED) is 0.783. The average molecular weight is 341 g/mol. The van der Waals surface area contributed by atoms with Crippen LogP contribution in [-0.2, 0) is 11.2 Å². The molecule has 0 radical (unpaired) electrons. The van der Waals surface area contributed by atoms with Gasteiger partial charge in [0.25, 0.3) is 0 Å². The van der Waals surface area contributed by atoms with Crippen LogP contribution in [0.25, 0.3) is 0 Å². The second-order valence-corrected chi connectivity index (χ2v) is 7.00. The third kappa shape index (κ3) is 7.36. The van der Waals surface area contributed by atoms with Crippen molar-refractivity contribution < 1.29 is 4.79 Å². The van der Waals surface area contributed by atoms with Crippen LogP contribution in [0.2, 0.25) is 0 Å². The summed E-state index contributed by atoms with van der Waals surface area (Å²) in [6, 6.07) is 10.4. The molecule has 0 aliphatic carbocycles. The molecule has 23 heavy (non-hydrogen) atoms. The minimum Gasteiger partial charge on any atom is -0.345 e. The molecule has 0 aromatic heterocycles. The maximum atomic E-state index is 12.8. The molecule has 1 aromatic carbocycles. The van der Waals surface area contributed by atoms with Gasteiger partial charge >= 0.3 is 0 Å². The predicted octanol–water partition coefficient (Wildman–Crippen LogP) is 3.75. The molecule has 0 saturated heterocycles. The van der Waals surface area contributed by atoms with Crippen LogP contribution in [0.15, 0.2) is 30.3 Å². The van der Waals surface area contributed by atoms with Crippen LogP contribution in [0.3, 0.4) is 0 Å². The van der Waals surface area contributed by atoms with E-state index in [2.05, 4.69) is 39.8 Å². The Labute approximate surface area is 148 Å². The Kier molecular flexibility index (Phi) is 10.2. The number of rotatable bonds is 8. The Bertz CT molecular complexity index is 448. The van der Waals surface area contributed by atoms with Crippen LogP contribution in [0.1, 0.15) is 39.7 Å². The lowest BCUT2D eigenvalue weighted by atomic mass is 9.88. The molecule has 0 aliphatic rings. The summed E-state index contributed by atoms with van der Waals surface area (Å²) < 4.78 is 0. The number of halogens is 1. The van der Waals surface area contributed by atoms with Crippen molar-refractivity contribution in [2.45, 2.75) is 46.6 Å². The maximum Gasteiger partial charge on any atom is 0.226 e. The van der Waals surface area contributed by atoms with Gasteiger partial charge in [-0.15, -0.1) is 12.4 Å². The Morgan fingerprint density at radius 1 is 1.09 bits per heavy atom. The average Bonchev–Trinajstić information content (AvgIpc) is 2.49. The maximum absolute atomic E-state index is 12.8. The van der Waals surface area contributed by atoms with Gasteiger partial charge in [-0.05, 0) is 30.2 Å². The molecule has 1 aromatic rings. The van der Waals surface area contributed by atoms with Gasteiger partial charge in [-0.2, -0.15) is 0 Å². The van der Waals surface area contributed by atoms with Crippen molar-refractivity contribution in [3.63, 3.8) is 0 Å². The van der Waals surface area contributed by atoms with E-state index in [-0.39, 0.29) is 30.3 Å². The van der Waals surface area contributed by atoms with Crippen LogP contribution in [-0.4, -0.2) is 30.4 Å². The summed E-state index contributed by atoms with van der Waals surface area (Å²) >= 11 is 0. The zero-order valence-electron chi connectivity index (χ0n) is 15.2. The Hall–Kier alpha value is -1.06. The number of benzene rings is 1. The Balaban J connectivity index is 0.00000484. The number of carbonyl (C=O) groups is 1. The van der Waals surface area contributed by atoms with Crippen molar-refractivity contribution in [3.05, 3.63) is 35.9 Å². The molecule has 132 valence electrons. The van der Waals surface area contributed by atoms with Gasteiger partial charge in [0.05, 0.1) is 0 Å². The fourth-order valence-corrected chi connectivity index (χ4v) is 2.55. The van der Waals surface area contributed by atoms with Crippen molar-refractivity contribution in [2.24, 2.45) is 23.5 Å². The van der Waals surface area contributed by atoms with E-state index < -0.39 is 0 Å². The fourth-order valence-electron chi connectivity index (χ4n) is 2.55. The van der Waals surface area contributed by atoms with Gasteiger partial charge < -0.3 is 10.6 Å². The van der Waals surface area contributed by atoms with E-state index in [0.29, 0.717) is 11.8 Å². The highest BCUT2D eigenvalue weighted by Crippen LogP contribution is 2.20. The van der Waals surface area contributed by atoms with E-state index in [1.807, 2.05) is 30.1 Å². The molecule has 0 fully saturated rings. The van der Waals surface area contributed by atoms with E-state index in [4.69, 9.17) is 5.73 Å². The van der Waals surface area contributed by atoms with Crippen LogP contribution in [0.4, 0.5) is 0 Å². The van der Waals surface area contributed by atoms with E-state index >= 15 is 0 Å². The summed E-state index contributed by atoms with van der Waals surface area (Å²) in [5.41, 5.74) is 7.31. The van der Waals surface area contributed by atoms with Crippen LogP contribution in [0, 0.1) is 17.8 Å². The Morgan fingerprint density at radius 3 is 2.13 bits per heavy atom. The van der Waals surface area contributed by atoms with Crippen LogP contribution in [0.5, 0.6) is 0 Å². The fraction of sp³-hybridized carbons (Fsp3) is 0.632. The van der Waals surface area contributed by atoms with Crippen molar-refractivity contribution in [1.29, 1.82) is 0 Å². The molecular formula is C19H33ClN2O. The first kappa shape index (κ1) is 21.9. The predicted molar refractivity (Wildman–Crippen MR) is 101 cm³/mol. The third-order valence-corrected chi connectivity index (χ3v) is 4.45. The Morgan fingerprint density at radius 2 is 1.65 bits per heavy atom. The minimum absolute atomic E-state index is 0. The van der Waals surface area contributed by atoms with E-state index in [1.165, 1.54) is 5.56 Å². The molecular weight excluding hydrogens is 308 g/mol. The molecule has 0 aliphatic heterocycles. The van der Waals surface area contributed by atoms with Gasteiger partial charge in [0, 0.05) is 25.6 Å². The van der Waals surface area contributed by atoms with Crippen molar-refractivity contribution >= 4 is 18.3 Å². The number of carbonyl (C=O) groups excluding carboxylic acids is 1.